The Kier molecular flexibility index (Phi) is 1.43. The Morgan fingerprint density at radius 1 is 1.31 bits per heavy atom. The molecule has 2 nitrogen and oxygen atoms in total. The van der Waals surface area contributed by atoms with Crippen molar-refractivity contribution in [1.29, 1.82) is 0 Å². The first-order valence-corrected chi connectivity index (χ1v) is 4.72. The van der Waals surface area contributed by atoms with E-state index in [1.54, 1.807) is 0 Å². The summed E-state index contributed by atoms with van der Waals surface area (Å²) in [5.41, 5.74) is 12.0. The van der Waals surface area contributed by atoms with Gasteiger partial charge < -0.3 is 5.43 Å². The van der Waals surface area contributed by atoms with Crippen molar-refractivity contribution in [2.45, 2.75) is 12.8 Å². The second-order valence-electron chi connectivity index (χ2n) is 3.64. The SMILES string of the molecule is C1=CC2=CC3=C(CNN3)CC2=CC1. The summed E-state index contributed by atoms with van der Waals surface area (Å²) < 4.78 is 0. The van der Waals surface area contributed by atoms with Crippen LogP contribution in [0.3, 0.4) is 0 Å². The van der Waals surface area contributed by atoms with Crippen molar-refractivity contribution in [3.63, 3.8) is 0 Å². The molecule has 66 valence electrons. The van der Waals surface area contributed by atoms with Crippen LogP contribution in [0.1, 0.15) is 12.8 Å². The molecule has 0 spiro atoms. The number of hydrogen-bond donors (Lipinski definition) is 2. The highest BCUT2D eigenvalue weighted by atomic mass is 15.4. The lowest BCUT2D eigenvalue weighted by Crippen LogP contribution is -2.23. The zero-order chi connectivity index (χ0) is 8.67. The summed E-state index contributed by atoms with van der Waals surface area (Å²) in [7, 11) is 0. The molecule has 0 saturated carbocycles. The standard InChI is InChI=1S/C11H12N2/c1-2-4-9-6-11-10(7-12-13-11)5-8(9)3-1/h2-4,6,12-13H,1,5,7H2. The molecule has 0 aromatic heterocycles. The highest BCUT2D eigenvalue weighted by molar-refractivity contribution is 5.54. The van der Waals surface area contributed by atoms with Gasteiger partial charge in [0.25, 0.3) is 0 Å². The van der Waals surface area contributed by atoms with E-state index >= 15 is 0 Å². The molecule has 0 atom stereocenters. The average molecular weight is 172 g/mol. The van der Waals surface area contributed by atoms with E-state index in [2.05, 4.69) is 35.2 Å². The van der Waals surface area contributed by atoms with Crippen LogP contribution in [0.25, 0.3) is 0 Å². The highest BCUT2D eigenvalue weighted by Gasteiger charge is 2.20. The van der Waals surface area contributed by atoms with Gasteiger partial charge in [-0.15, -0.1) is 0 Å². The summed E-state index contributed by atoms with van der Waals surface area (Å²) in [6.45, 7) is 0.986. The van der Waals surface area contributed by atoms with Crippen molar-refractivity contribution in [2.75, 3.05) is 6.54 Å². The lowest BCUT2D eigenvalue weighted by molar-refractivity contribution is 0.706. The topological polar surface area (TPSA) is 24.1 Å². The summed E-state index contributed by atoms with van der Waals surface area (Å²) in [6.07, 6.45) is 11.2. The average Bonchev–Trinajstić information content (AvgIpc) is 2.61. The molecule has 1 heterocycles. The summed E-state index contributed by atoms with van der Waals surface area (Å²) in [5.74, 6) is 0. The molecule has 0 radical (unpaired) electrons. The molecular formula is C11H12N2. The summed E-state index contributed by atoms with van der Waals surface area (Å²) in [5, 5.41) is 0. The summed E-state index contributed by atoms with van der Waals surface area (Å²) in [6, 6.07) is 0. The van der Waals surface area contributed by atoms with E-state index in [0.717, 1.165) is 19.4 Å². The van der Waals surface area contributed by atoms with Gasteiger partial charge in [-0.2, -0.15) is 0 Å². The third-order valence-electron chi connectivity index (χ3n) is 2.78. The molecule has 0 amide bonds. The van der Waals surface area contributed by atoms with Crippen molar-refractivity contribution >= 4 is 0 Å². The second kappa shape index (κ2) is 2.60. The Balaban J connectivity index is 2.05. The molecular weight excluding hydrogens is 160 g/mol. The van der Waals surface area contributed by atoms with E-state index in [1.165, 1.54) is 22.4 Å². The second-order valence-corrected chi connectivity index (χ2v) is 3.64. The number of hydrogen-bond acceptors (Lipinski definition) is 2. The predicted octanol–water partition coefficient (Wildman–Crippen LogP) is 1.56. The molecule has 2 N–H and O–H groups in total. The quantitative estimate of drug-likeness (QED) is 0.579. The van der Waals surface area contributed by atoms with Crippen LogP contribution >= 0.6 is 0 Å². The van der Waals surface area contributed by atoms with Gasteiger partial charge in [-0.3, -0.25) is 0 Å². The molecule has 0 saturated heterocycles. The monoisotopic (exact) mass is 172 g/mol. The Bertz CT molecular complexity index is 370. The van der Waals surface area contributed by atoms with Gasteiger partial charge in [-0.1, -0.05) is 18.2 Å². The molecule has 13 heavy (non-hydrogen) atoms. The van der Waals surface area contributed by atoms with Crippen molar-refractivity contribution in [3.05, 3.63) is 46.7 Å². The Morgan fingerprint density at radius 3 is 3.31 bits per heavy atom. The van der Waals surface area contributed by atoms with Crippen LogP contribution in [-0.2, 0) is 0 Å². The normalized spacial score (nSPS) is 24.6. The Hall–Kier alpha value is -1.28. The van der Waals surface area contributed by atoms with E-state index in [9.17, 15) is 0 Å². The van der Waals surface area contributed by atoms with Crippen molar-refractivity contribution in [3.8, 4) is 0 Å². The zero-order valence-corrected chi connectivity index (χ0v) is 7.43. The van der Waals surface area contributed by atoms with Gasteiger partial charge in [0, 0.05) is 6.54 Å². The van der Waals surface area contributed by atoms with Crippen LogP contribution in [-0.4, -0.2) is 6.54 Å². The number of rotatable bonds is 0. The molecule has 0 unspecified atom stereocenters. The van der Waals surface area contributed by atoms with Gasteiger partial charge in [-0.05, 0) is 35.6 Å². The molecule has 0 bridgehead atoms. The minimum atomic E-state index is 0.986. The maximum absolute atomic E-state index is 3.18. The predicted molar refractivity (Wildman–Crippen MR) is 52.7 cm³/mol. The van der Waals surface area contributed by atoms with Crippen LogP contribution in [0.2, 0.25) is 0 Å². The fraction of sp³-hybridized carbons (Fsp3) is 0.273. The zero-order valence-electron chi connectivity index (χ0n) is 7.43. The maximum atomic E-state index is 3.18. The minimum absolute atomic E-state index is 0.986. The van der Waals surface area contributed by atoms with Gasteiger partial charge in [0.05, 0.1) is 5.70 Å². The van der Waals surface area contributed by atoms with E-state index in [0.29, 0.717) is 0 Å². The van der Waals surface area contributed by atoms with E-state index < -0.39 is 0 Å². The molecule has 3 aliphatic rings. The van der Waals surface area contributed by atoms with Crippen molar-refractivity contribution in [1.82, 2.24) is 10.9 Å². The maximum Gasteiger partial charge on any atom is 0.0502 e. The summed E-state index contributed by atoms with van der Waals surface area (Å²) >= 11 is 0. The largest absolute Gasteiger partial charge is 0.321 e. The lowest BCUT2D eigenvalue weighted by atomic mass is 9.88. The molecule has 3 rings (SSSR count). The molecule has 1 aliphatic heterocycles. The first-order chi connectivity index (χ1) is 6.43. The fourth-order valence-corrected chi connectivity index (χ4v) is 2.06. The smallest absolute Gasteiger partial charge is 0.0502 e. The number of nitrogens with one attached hydrogen (secondary N) is 2. The Morgan fingerprint density at radius 2 is 2.31 bits per heavy atom. The minimum Gasteiger partial charge on any atom is -0.321 e. The van der Waals surface area contributed by atoms with Crippen LogP contribution in [0.4, 0.5) is 0 Å². The number of fused-ring (bicyclic) bond motifs is 1. The van der Waals surface area contributed by atoms with Crippen LogP contribution in [0.15, 0.2) is 46.7 Å². The molecule has 0 aromatic rings. The van der Waals surface area contributed by atoms with Crippen molar-refractivity contribution in [2.24, 2.45) is 0 Å². The highest BCUT2D eigenvalue weighted by Crippen LogP contribution is 2.31. The molecule has 0 fully saturated rings. The number of allylic oxidation sites excluding steroid dienone is 6. The van der Waals surface area contributed by atoms with Gasteiger partial charge in [0.2, 0.25) is 0 Å². The molecule has 2 aliphatic carbocycles. The van der Waals surface area contributed by atoms with Crippen molar-refractivity contribution < 1.29 is 0 Å². The summed E-state index contributed by atoms with van der Waals surface area (Å²) in [4.78, 5) is 0. The molecule has 0 aromatic carbocycles. The first-order valence-electron chi connectivity index (χ1n) is 4.72. The number of hydrazine groups is 1. The molecule has 2 heteroatoms. The van der Waals surface area contributed by atoms with Crippen LogP contribution < -0.4 is 10.9 Å². The van der Waals surface area contributed by atoms with Crippen LogP contribution in [0.5, 0.6) is 0 Å². The third kappa shape index (κ3) is 1.06. The first kappa shape index (κ1) is 7.15. The van der Waals surface area contributed by atoms with E-state index in [1.807, 2.05) is 0 Å². The third-order valence-corrected chi connectivity index (χ3v) is 2.78. The van der Waals surface area contributed by atoms with E-state index in [4.69, 9.17) is 0 Å². The van der Waals surface area contributed by atoms with Crippen LogP contribution in [0, 0.1) is 0 Å². The lowest BCUT2D eigenvalue weighted by Gasteiger charge is -2.18. The van der Waals surface area contributed by atoms with Gasteiger partial charge in [-0.25, -0.2) is 5.43 Å². The van der Waals surface area contributed by atoms with E-state index in [-0.39, 0.29) is 0 Å². The fourth-order valence-electron chi connectivity index (χ4n) is 2.06. The Labute approximate surface area is 77.7 Å². The van der Waals surface area contributed by atoms with Gasteiger partial charge in [0.15, 0.2) is 0 Å². The van der Waals surface area contributed by atoms with Gasteiger partial charge in [0.1, 0.15) is 0 Å². The van der Waals surface area contributed by atoms with Gasteiger partial charge >= 0.3 is 0 Å².